The molecule has 3 nitrogen and oxygen atoms in total. The van der Waals surface area contributed by atoms with E-state index in [1.54, 1.807) is 11.2 Å². The first kappa shape index (κ1) is 8.43. The van der Waals surface area contributed by atoms with Crippen LogP contribution < -0.4 is 0 Å². The summed E-state index contributed by atoms with van der Waals surface area (Å²) in [6.45, 7) is 5.57. The van der Waals surface area contributed by atoms with E-state index >= 15 is 0 Å². The van der Waals surface area contributed by atoms with Crippen LogP contribution in [0.3, 0.4) is 0 Å². The van der Waals surface area contributed by atoms with Gasteiger partial charge in [0, 0.05) is 13.1 Å². The molecule has 0 rings (SSSR count). The first-order chi connectivity index (χ1) is 4.35. The summed E-state index contributed by atoms with van der Waals surface area (Å²) >= 11 is 0. The van der Waals surface area contributed by atoms with Crippen molar-refractivity contribution in [2.24, 2.45) is 4.99 Å². The second kappa shape index (κ2) is 5.56. The largest absolute Gasteiger partial charge is 0.376 e. The predicted octanol–water partition coefficient (Wildman–Crippen LogP) is 0.306. The third-order valence-corrected chi connectivity index (χ3v) is 1.02. The number of aliphatic hydroxyl groups excluding tert-OH is 1. The van der Waals surface area contributed by atoms with Gasteiger partial charge in [-0.2, -0.15) is 0 Å². The molecule has 0 atom stereocenters. The summed E-state index contributed by atoms with van der Waals surface area (Å²) in [6, 6.07) is 0. The SMILES string of the molecule is CCN=CN(CC)CO. The van der Waals surface area contributed by atoms with Crippen molar-refractivity contribution >= 4 is 6.34 Å². The van der Waals surface area contributed by atoms with E-state index < -0.39 is 0 Å². The maximum atomic E-state index is 8.59. The van der Waals surface area contributed by atoms with Crippen LogP contribution in [-0.4, -0.2) is 36.2 Å². The van der Waals surface area contributed by atoms with Gasteiger partial charge in [-0.1, -0.05) is 0 Å². The first-order valence-corrected chi connectivity index (χ1v) is 3.20. The second-order valence-corrected chi connectivity index (χ2v) is 1.66. The van der Waals surface area contributed by atoms with E-state index in [1.807, 2.05) is 13.8 Å². The Morgan fingerprint density at radius 1 is 1.56 bits per heavy atom. The normalized spacial score (nSPS) is 10.6. The fourth-order valence-corrected chi connectivity index (χ4v) is 0.415. The summed E-state index contributed by atoms with van der Waals surface area (Å²) in [4.78, 5) is 5.68. The maximum Gasteiger partial charge on any atom is 0.116 e. The van der Waals surface area contributed by atoms with Crippen LogP contribution in [0.15, 0.2) is 4.99 Å². The van der Waals surface area contributed by atoms with Gasteiger partial charge in [0.05, 0.1) is 6.34 Å². The van der Waals surface area contributed by atoms with E-state index in [2.05, 4.69) is 4.99 Å². The molecule has 54 valence electrons. The monoisotopic (exact) mass is 130 g/mol. The van der Waals surface area contributed by atoms with Gasteiger partial charge in [-0.05, 0) is 13.8 Å². The number of hydrogen-bond donors (Lipinski definition) is 1. The van der Waals surface area contributed by atoms with Gasteiger partial charge < -0.3 is 10.0 Å². The number of aliphatic hydroxyl groups is 1. The predicted molar refractivity (Wildman–Crippen MR) is 38.5 cm³/mol. The van der Waals surface area contributed by atoms with Crippen molar-refractivity contribution in [3.05, 3.63) is 0 Å². The highest BCUT2D eigenvalue weighted by molar-refractivity contribution is 5.54. The van der Waals surface area contributed by atoms with E-state index in [-0.39, 0.29) is 6.73 Å². The zero-order chi connectivity index (χ0) is 7.11. The van der Waals surface area contributed by atoms with Crippen molar-refractivity contribution in [1.82, 2.24) is 4.90 Å². The van der Waals surface area contributed by atoms with Crippen molar-refractivity contribution in [2.45, 2.75) is 13.8 Å². The lowest BCUT2D eigenvalue weighted by molar-refractivity contribution is 0.179. The highest BCUT2D eigenvalue weighted by atomic mass is 16.3. The number of aliphatic imine (C=N–C) groups is 1. The van der Waals surface area contributed by atoms with Crippen LogP contribution in [-0.2, 0) is 0 Å². The van der Waals surface area contributed by atoms with Gasteiger partial charge in [-0.3, -0.25) is 4.99 Å². The highest BCUT2D eigenvalue weighted by Crippen LogP contribution is 1.78. The van der Waals surface area contributed by atoms with Gasteiger partial charge >= 0.3 is 0 Å². The fraction of sp³-hybridized carbons (Fsp3) is 0.833. The lowest BCUT2D eigenvalue weighted by Gasteiger charge is -2.11. The Morgan fingerprint density at radius 2 is 2.22 bits per heavy atom. The van der Waals surface area contributed by atoms with E-state index in [4.69, 9.17) is 5.11 Å². The standard InChI is InChI=1S/C6H14N2O/c1-3-7-5-8(4-2)6-9/h5,9H,3-4,6H2,1-2H3. The van der Waals surface area contributed by atoms with Crippen molar-refractivity contribution in [3.63, 3.8) is 0 Å². The minimum atomic E-state index is 0.0556. The molecule has 0 fully saturated rings. The van der Waals surface area contributed by atoms with Crippen LogP contribution in [0.2, 0.25) is 0 Å². The van der Waals surface area contributed by atoms with Gasteiger partial charge in [-0.25, -0.2) is 0 Å². The summed E-state index contributed by atoms with van der Waals surface area (Å²) in [6.07, 6.45) is 1.67. The first-order valence-electron chi connectivity index (χ1n) is 3.20. The average Bonchev–Trinajstić information content (AvgIpc) is 1.91. The highest BCUT2D eigenvalue weighted by Gasteiger charge is 1.88. The molecule has 0 amide bonds. The zero-order valence-corrected chi connectivity index (χ0v) is 6.04. The number of rotatable bonds is 4. The summed E-state index contributed by atoms with van der Waals surface area (Å²) in [5.41, 5.74) is 0. The van der Waals surface area contributed by atoms with Gasteiger partial charge in [0.25, 0.3) is 0 Å². The van der Waals surface area contributed by atoms with Crippen LogP contribution in [0.4, 0.5) is 0 Å². The summed E-state index contributed by atoms with van der Waals surface area (Å²) in [7, 11) is 0. The van der Waals surface area contributed by atoms with E-state index in [9.17, 15) is 0 Å². The third-order valence-electron chi connectivity index (χ3n) is 1.02. The van der Waals surface area contributed by atoms with Crippen molar-refractivity contribution in [2.75, 3.05) is 19.8 Å². The van der Waals surface area contributed by atoms with Gasteiger partial charge in [0.1, 0.15) is 6.73 Å². The van der Waals surface area contributed by atoms with Gasteiger partial charge in [0.15, 0.2) is 0 Å². The quantitative estimate of drug-likeness (QED) is 0.337. The van der Waals surface area contributed by atoms with E-state index in [0.29, 0.717) is 0 Å². The number of hydrogen-bond acceptors (Lipinski definition) is 2. The Hall–Kier alpha value is -0.570. The molecule has 0 aliphatic heterocycles. The summed E-state index contributed by atoms with van der Waals surface area (Å²) < 4.78 is 0. The van der Waals surface area contributed by atoms with Crippen LogP contribution >= 0.6 is 0 Å². The minimum Gasteiger partial charge on any atom is -0.376 e. The van der Waals surface area contributed by atoms with Crippen LogP contribution in [0.1, 0.15) is 13.8 Å². The molecule has 0 unspecified atom stereocenters. The summed E-state index contributed by atoms with van der Waals surface area (Å²) in [5.74, 6) is 0. The topological polar surface area (TPSA) is 35.8 Å². The molecule has 0 aromatic heterocycles. The molecule has 0 aromatic carbocycles. The molecular weight excluding hydrogens is 116 g/mol. The lowest BCUT2D eigenvalue weighted by atomic mass is 10.6. The fourth-order valence-electron chi connectivity index (χ4n) is 0.415. The Morgan fingerprint density at radius 3 is 2.56 bits per heavy atom. The third kappa shape index (κ3) is 3.97. The van der Waals surface area contributed by atoms with Gasteiger partial charge in [0.2, 0.25) is 0 Å². The molecule has 0 radical (unpaired) electrons. The maximum absolute atomic E-state index is 8.59. The Kier molecular flexibility index (Phi) is 5.21. The molecule has 1 N–H and O–H groups in total. The van der Waals surface area contributed by atoms with Crippen LogP contribution in [0.25, 0.3) is 0 Å². The van der Waals surface area contributed by atoms with Crippen molar-refractivity contribution in [1.29, 1.82) is 0 Å². The minimum absolute atomic E-state index is 0.0556. The number of nitrogens with zero attached hydrogens (tertiary/aromatic N) is 2. The Balaban J connectivity index is 3.41. The smallest absolute Gasteiger partial charge is 0.116 e. The molecule has 0 aliphatic rings. The molecule has 0 heterocycles. The molecule has 0 bridgehead atoms. The molecule has 0 saturated carbocycles. The molecular formula is C6H14N2O. The Labute approximate surface area is 56.0 Å². The molecule has 0 aliphatic carbocycles. The molecule has 0 spiro atoms. The molecule has 0 saturated heterocycles. The van der Waals surface area contributed by atoms with E-state index in [0.717, 1.165) is 13.1 Å². The average molecular weight is 130 g/mol. The molecule has 9 heavy (non-hydrogen) atoms. The van der Waals surface area contributed by atoms with Crippen molar-refractivity contribution in [3.8, 4) is 0 Å². The van der Waals surface area contributed by atoms with Crippen LogP contribution in [0, 0.1) is 0 Å². The van der Waals surface area contributed by atoms with E-state index in [1.165, 1.54) is 0 Å². The lowest BCUT2D eigenvalue weighted by Crippen LogP contribution is -2.22. The van der Waals surface area contributed by atoms with Gasteiger partial charge in [-0.15, -0.1) is 0 Å². The van der Waals surface area contributed by atoms with Crippen LogP contribution in [0.5, 0.6) is 0 Å². The molecule has 3 heteroatoms. The zero-order valence-electron chi connectivity index (χ0n) is 6.04. The Bertz CT molecular complexity index is 79.1. The summed E-state index contributed by atoms with van der Waals surface area (Å²) in [5, 5.41) is 8.59. The second-order valence-electron chi connectivity index (χ2n) is 1.66. The van der Waals surface area contributed by atoms with Crippen molar-refractivity contribution < 1.29 is 5.11 Å². The molecule has 0 aromatic rings.